The molecule has 2 aromatic heterocycles. The van der Waals surface area contributed by atoms with Crippen molar-refractivity contribution in [1.29, 1.82) is 0 Å². The number of benzene rings is 2. The summed E-state index contributed by atoms with van der Waals surface area (Å²) in [4.78, 5) is 18.6. The lowest BCUT2D eigenvalue weighted by atomic mass is 9.92. The summed E-state index contributed by atoms with van der Waals surface area (Å²) >= 11 is 1.56. The third-order valence-electron chi connectivity index (χ3n) is 5.37. The third-order valence-corrected chi connectivity index (χ3v) is 6.53. The van der Waals surface area contributed by atoms with Crippen LogP contribution in [-0.2, 0) is 0 Å². The van der Waals surface area contributed by atoms with E-state index in [4.69, 9.17) is 5.11 Å². The summed E-state index contributed by atoms with van der Waals surface area (Å²) < 4.78 is 13.7. The number of aliphatic hydroxyl groups is 1. The van der Waals surface area contributed by atoms with Crippen LogP contribution < -0.4 is 5.32 Å². The van der Waals surface area contributed by atoms with Gasteiger partial charge >= 0.3 is 0 Å². The van der Waals surface area contributed by atoms with E-state index in [0.717, 1.165) is 50.4 Å². The van der Waals surface area contributed by atoms with Crippen molar-refractivity contribution in [1.82, 2.24) is 10.3 Å². The lowest BCUT2D eigenvalue weighted by Gasteiger charge is -2.11. The number of halogens is 1. The fourth-order valence-electron chi connectivity index (χ4n) is 3.75. The average molecular weight is 485 g/mol. The Morgan fingerprint density at radius 3 is 2.51 bits per heavy atom. The van der Waals surface area contributed by atoms with Gasteiger partial charge in [-0.25, -0.2) is 4.39 Å². The van der Waals surface area contributed by atoms with E-state index >= 15 is 0 Å². The van der Waals surface area contributed by atoms with E-state index in [9.17, 15) is 9.18 Å². The van der Waals surface area contributed by atoms with Crippen LogP contribution in [0.5, 0.6) is 0 Å². The minimum absolute atomic E-state index is 0.125. The molecule has 4 rings (SSSR count). The Bertz CT molecular complexity index is 1370. The number of pyridine rings is 1. The molecule has 0 saturated carbocycles. The molecule has 35 heavy (non-hydrogen) atoms. The first-order valence-electron chi connectivity index (χ1n) is 11.4. The average Bonchev–Trinajstić information content (AvgIpc) is 3.28. The van der Waals surface area contributed by atoms with Crippen LogP contribution in [0.4, 0.5) is 4.39 Å². The Morgan fingerprint density at radius 2 is 1.80 bits per heavy atom. The normalized spacial score (nSPS) is 10.5. The van der Waals surface area contributed by atoms with E-state index < -0.39 is 0 Å². The van der Waals surface area contributed by atoms with Crippen molar-refractivity contribution in [3.05, 3.63) is 89.3 Å². The quantitative estimate of drug-likeness (QED) is 0.309. The fourth-order valence-corrected chi connectivity index (χ4v) is 4.97. The van der Waals surface area contributed by atoms with Crippen LogP contribution in [0.1, 0.15) is 35.0 Å². The second kappa shape index (κ2) is 11.6. The molecule has 6 heteroatoms. The molecular weight excluding hydrogens is 459 g/mol. The van der Waals surface area contributed by atoms with Crippen molar-refractivity contribution < 1.29 is 14.3 Å². The zero-order valence-electron chi connectivity index (χ0n) is 19.3. The van der Waals surface area contributed by atoms with E-state index in [1.165, 1.54) is 12.1 Å². The number of carbonyl (C=O) groups excluding carboxylic acids is 1. The van der Waals surface area contributed by atoms with Crippen molar-refractivity contribution in [2.24, 2.45) is 0 Å². The number of unbranched alkanes of at least 4 members (excludes halogenated alkanes) is 1. The molecule has 4 aromatic rings. The molecule has 0 bridgehead atoms. The van der Waals surface area contributed by atoms with Gasteiger partial charge in [-0.1, -0.05) is 43.0 Å². The van der Waals surface area contributed by atoms with Gasteiger partial charge in [-0.05, 0) is 59.5 Å². The molecule has 0 aliphatic carbocycles. The van der Waals surface area contributed by atoms with E-state index in [1.54, 1.807) is 41.9 Å². The van der Waals surface area contributed by atoms with Gasteiger partial charge in [0.05, 0.1) is 11.5 Å². The summed E-state index contributed by atoms with van der Waals surface area (Å²) in [6.45, 7) is 2.15. The van der Waals surface area contributed by atoms with E-state index in [2.05, 4.69) is 29.1 Å². The minimum atomic E-state index is -0.291. The smallest absolute Gasteiger partial charge is 0.251 e. The molecule has 176 valence electrons. The Kier molecular flexibility index (Phi) is 8.04. The van der Waals surface area contributed by atoms with Crippen LogP contribution in [0.3, 0.4) is 0 Å². The lowest BCUT2D eigenvalue weighted by molar-refractivity contribution is 0.0945. The van der Waals surface area contributed by atoms with Gasteiger partial charge in [-0.3, -0.25) is 9.78 Å². The summed E-state index contributed by atoms with van der Waals surface area (Å²) in [6, 6.07) is 17.8. The number of amides is 1. The molecule has 0 saturated heterocycles. The summed E-state index contributed by atoms with van der Waals surface area (Å²) in [6.07, 6.45) is 5.21. The van der Waals surface area contributed by atoms with E-state index in [0.29, 0.717) is 5.56 Å². The summed E-state index contributed by atoms with van der Waals surface area (Å²) in [5.74, 6) is 6.07. The van der Waals surface area contributed by atoms with Crippen molar-refractivity contribution in [3.63, 3.8) is 0 Å². The van der Waals surface area contributed by atoms with Gasteiger partial charge in [0, 0.05) is 46.9 Å². The highest BCUT2D eigenvalue weighted by Crippen LogP contribution is 2.47. The minimum Gasteiger partial charge on any atom is -0.395 e. The maximum Gasteiger partial charge on any atom is 0.251 e. The Balaban J connectivity index is 1.97. The number of hydrogen-bond acceptors (Lipinski definition) is 4. The highest BCUT2D eigenvalue weighted by Gasteiger charge is 2.22. The number of aromatic nitrogens is 1. The second-order valence-corrected chi connectivity index (χ2v) is 8.89. The van der Waals surface area contributed by atoms with Crippen LogP contribution in [-0.4, -0.2) is 29.1 Å². The van der Waals surface area contributed by atoms with Gasteiger partial charge in [-0.15, -0.1) is 11.3 Å². The van der Waals surface area contributed by atoms with Crippen LogP contribution >= 0.6 is 11.3 Å². The topological polar surface area (TPSA) is 62.2 Å². The number of aliphatic hydroxyl groups excluding tert-OH is 1. The number of thiophene rings is 1. The molecule has 2 aromatic carbocycles. The molecule has 0 aliphatic rings. The van der Waals surface area contributed by atoms with Gasteiger partial charge in [0.25, 0.3) is 5.91 Å². The van der Waals surface area contributed by atoms with Crippen LogP contribution in [0.2, 0.25) is 0 Å². The van der Waals surface area contributed by atoms with Crippen molar-refractivity contribution in [2.45, 2.75) is 19.8 Å². The fraction of sp³-hybridized carbons (Fsp3) is 0.172. The molecule has 0 atom stereocenters. The molecule has 2 N–H and O–H groups in total. The molecule has 2 heterocycles. The van der Waals surface area contributed by atoms with Crippen LogP contribution in [0.25, 0.3) is 32.7 Å². The molecule has 0 spiro atoms. The van der Waals surface area contributed by atoms with E-state index in [-0.39, 0.29) is 24.9 Å². The van der Waals surface area contributed by atoms with Crippen LogP contribution in [0, 0.1) is 17.7 Å². The number of hydrogen-bond donors (Lipinski definition) is 2. The second-order valence-electron chi connectivity index (χ2n) is 7.87. The van der Waals surface area contributed by atoms with E-state index in [1.807, 2.05) is 30.3 Å². The van der Waals surface area contributed by atoms with Gasteiger partial charge in [-0.2, -0.15) is 0 Å². The zero-order valence-corrected chi connectivity index (χ0v) is 20.2. The molecule has 4 nitrogen and oxygen atoms in total. The molecular formula is C29H25FN2O2S. The Hall–Kier alpha value is -3.79. The molecule has 0 radical (unpaired) electrons. The number of nitrogens with zero attached hydrogens (tertiary/aromatic N) is 1. The SMILES string of the molecule is CCCC#Cc1sc(-c2ccc(F)cc2)c(-c2ccncc2)c1-c1cccc(C(=O)NCCO)c1. The highest BCUT2D eigenvalue weighted by molar-refractivity contribution is 7.17. The first-order valence-corrected chi connectivity index (χ1v) is 12.3. The zero-order chi connectivity index (χ0) is 24.6. The van der Waals surface area contributed by atoms with Gasteiger partial charge < -0.3 is 10.4 Å². The summed E-state index contributed by atoms with van der Waals surface area (Å²) in [7, 11) is 0. The third kappa shape index (κ3) is 5.65. The number of rotatable bonds is 7. The molecule has 0 unspecified atom stereocenters. The first kappa shape index (κ1) is 24.3. The predicted octanol–water partition coefficient (Wildman–Crippen LogP) is 6.16. The van der Waals surface area contributed by atoms with Crippen molar-refractivity contribution in [3.8, 4) is 44.5 Å². The lowest BCUT2D eigenvalue weighted by Crippen LogP contribution is -2.26. The predicted molar refractivity (Wildman–Crippen MR) is 140 cm³/mol. The largest absolute Gasteiger partial charge is 0.395 e. The van der Waals surface area contributed by atoms with Crippen molar-refractivity contribution in [2.75, 3.05) is 13.2 Å². The van der Waals surface area contributed by atoms with Gasteiger partial charge in [0.15, 0.2) is 0 Å². The molecule has 0 fully saturated rings. The molecule has 0 aliphatic heterocycles. The monoisotopic (exact) mass is 484 g/mol. The number of carbonyl (C=O) groups is 1. The highest BCUT2D eigenvalue weighted by atomic mass is 32.1. The number of nitrogens with one attached hydrogen (secondary N) is 1. The van der Waals surface area contributed by atoms with Crippen molar-refractivity contribution >= 4 is 17.2 Å². The van der Waals surface area contributed by atoms with Crippen LogP contribution in [0.15, 0.2) is 73.1 Å². The standard InChI is InChI=1S/C29H25FN2O2S/c1-2-3-4-8-25-26(22-6-5-7-23(19-22)29(34)32-17-18-33)27(20-13-15-31-16-14-20)28(35-25)21-9-11-24(30)12-10-21/h5-7,9-16,19,33H,2-3,17-18H2,1H3,(H,32,34). The van der Waals surface area contributed by atoms with Gasteiger partial charge in [0.1, 0.15) is 5.82 Å². The maximum atomic E-state index is 13.7. The first-order chi connectivity index (χ1) is 17.1. The maximum absolute atomic E-state index is 13.7. The van der Waals surface area contributed by atoms with Gasteiger partial charge in [0.2, 0.25) is 0 Å². The molecule has 1 amide bonds. The Morgan fingerprint density at radius 1 is 1.03 bits per heavy atom. The Labute approximate surface area is 208 Å². The summed E-state index contributed by atoms with van der Waals surface area (Å²) in [5, 5.41) is 11.8. The summed E-state index contributed by atoms with van der Waals surface area (Å²) in [5.41, 5.74) is 5.12.